The van der Waals surface area contributed by atoms with Crippen molar-refractivity contribution in [2.45, 2.75) is 30.8 Å². The SMILES string of the molecule is COC(=O)C1(N)CCC(n2ccnc2-c2cccs2)C1. The first-order chi connectivity index (χ1) is 9.64. The van der Waals surface area contributed by atoms with Gasteiger partial charge < -0.3 is 15.0 Å². The zero-order valence-corrected chi connectivity index (χ0v) is 12.1. The van der Waals surface area contributed by atoms with Crippen molar-refractivity contribution in [1.29, 1.82) is 0 Å². The number of nitrogens with zero attached hydrogens (tertiary/aromatic N) is 2. The van der Waals surface area contributed by atoms with E-state index in [9.17, 15) is 4.79 Å². The Kier molecular flexibility index (Phi) is 3.35. The van der Waals surface area contributed by atoms with Crippen LogP contribution in [0.25, 0.3) is 10.7 Å². The number of nitrogens with two attached hydrogens (primary N) is 1. The largest absolute Gasteiger partial charge is 0.468 e. The Morgan fingerprint density at radius 1 is 1.65 bits per heavy atom. The fourth-order valence-electron chi connectivity index (χ4n) is 2.88. The highest BCUT2D eigenvalue weighted by Gasteiger charge is 2.44. The molecule has 0 radical (unpaired) electrons. The quantitative estimate of drug-likeness (QED) is 0.880. The lowest BCUT2D eigenvalue weighted by atomic mass is 9.99. The van der Waals surface area contributed by atoms with Crippen molar-refractivity contribution in [2.75, 3.05) is 7.11 Å². The maximum Gasteiger partial charge on any atom is 0.325 e. The van der Waals surface area contributed by atoms with E-state index >= 15 is 0 Å². The van der Waals surface area contributed by atoms with Crippen LogP contribution in [-0.2, 0) is 9.53 Å². The Bertz CT molecular complexity index is 608. The Morgan fingerprint density at radius 2 is 2.50 bits per heavy atom. The lowest BCUT2D eigenvalue weighted by molar-refractivity contribution is -0.146. The van der Waals surface area contributed by atoms with Gasteiger partial charge in [0, 0.05) is 18.4 Å². The molecule has 0 aromatic carbocycles. The zero-order chi connectivity index (χ0) is 14.2. The smallest absolute Gasteiger partial charge is 0.325 e. The van der Waals surface area contributed by atoms with Gasteiger partial charge in [0.25, 0.3) is 0 Å². The number of carbonyl (C=O) groups excluding carboxylic acids is 1. The normalized spacial score (nSPS) is 25.8. The highest BCUT2D eigenvalue weighted by molar-refractivity contribution is 7.13. The van der Waals surface area contributed by atoms with E-state index in [1.807, 2.05) is 17.6 Å². The van der Waals surface area contributed by atoms with Crippen molar-refractivity contribution >= 4 is 17.3 Å². The van der Waals surface area contributed by atoms with Crippen LogP contribution in [0.1, 0.15) is 25.3 Å². The van der Waals surface area contributed by atoms with E-state index in [0.717, 1.165) is 17.1 Å². The first kappa shape index (κ1) is 13.3. The maximum absolute atomic E-state index is 11.8. The van der Waals surface area contributed by atoms with E-state index in [1.165, 1.54) is 7.11 Å². The average molecular weight is 291 g/mol. The van der Waals surface area contributed by atoms with Gasteiger partial charge in [0.05, 0.1) is 12.0 Å². The molecule has 2 aromatic heterocycles. The predicted octanol–water partition coefficient (Wildman–Crippen LogP) is 2.21. The molecular formula is C14H17N3O2S. The van der Waals surface area contributed by atoms with Crippen LogP contribution in [0.3, 0.4) is 0 Å². The molecule has 2 N–H and O–H groups in total. The molecule has 5 nitrogen and oxygen atoms in total. The van der Waals surface area contributed by atoms with E-state index in [2.05, 4.69) is 15.6 Å². The molecule has 2 unspecified atom stereocenters. The summed E-state index contributed by atoms with van der Waals surface area (Å²) in [4.78, 5) is 17.4. The second kappa shape index (κ2) is 5.03. The molecule has 0 aliphatic heterocycles. The number of hydrogen-bond donors (Lipinski definition) is 1. The van der Waals surface area contributed by atoms with Gasteiger partial charge in [-0.15, -0.1) is 11.3 Å². The van der Waals surface area contributed by atoms with Gasteiger partial charge in [-0.1, -0.05) is 6.07 Å². The number of hydrogen-bond acceptors (Lipinski definition) is 5. The molecule has 3 rings (SSSR count). The van der Waals surface area contributed by atoms with Gasteiger partial charge in [0.15, 0.2) is 0 Å². The second-order valence-corrected chi connectivity index (χ2v) is 6.13. The van der Waals surface area contributed by atoms with Gasteiger partial charge in [0.1, 0.15) is 11.4 Å². The highest BCUT2D eigenvalue weighted by atomic mass is 32.1. The predicted molar refractivity (Wildman–Crippen MR) is 77.4 cm³/mol. The van der Waals surface area contributed by atoms with Crippen LogP contribution in [0, 0.1) is 0 Å². The molecule has 6 heteroatoms. The monoisotopic (exact) mass is 291 g/mol. The third-order valence-electron chi connectivity index (χ3n) is 3.92. The summed E-state index contributed by atoms with van der Waals surface area (Å²) >= 11 is 1.66. The van der Waals surface area contributed by atoms with Crippen LogP contribution in [0.5, 0.6) is 0 Å². The van der Waals surface area contributed by atoms with E-state index < -0.39 is 5.54 Å². The van der Waals surface area contributed by atoms with Gasteiger partial charge in [-0.05, 0) is 30.7 Å². The van der Waals surface area contributed by atoms with Crippen LogP contribution in [0.4, 0.5) is 0 Å². The van der Waals surface area contributed by atoms with Gasteiger partial charge in [-0.25, -0.2) is 4.98 Å². The fraction of sp³-hybridized carbons (Fsp3) is 0.429. The van der Waals surface area contributed by atoms with Crippen molar-refractivity contribution in [3.05, 3.63) is 29.9 Å². The number of aromatic nitrogens is 2. The zero-order valence-electron chi connectivity index (χ0n) is 11.3. The minimum atomic E-state index is -0.865. The topological polar surface area (TPSA) is 70.1 Å². The Balaban J connectivity index is 1.86. The fourth-order valence-corrected chi connectivity index (χ4v) is 3.60. The minimum absolute atomic E-state index is 0.193. The molecule has 0 bridgehead atoms. The Morgan fingerprint density at radius 3 is 3.20 bits per heavy atom. The van der Waals surface area contributed by atoms with Crippen LogP contribution in [0.2, 0.25) is 0 Å². The first-order valence-corrected chi connectivity index (χ1v) is 7.46. The van der Waals surface area contributed by atoms with Crippen molar-refractivity contribution in [3.8, 4) is 10.7 Å². The summed E-state index contributed by atoms with van der Waals surface area (Å²) in [6.07, 6.45) is 5.85. The summed E-state index contributed by atoms with van der Waals surface area (Å²) in [5, 5.41) is 2.03. The number of ether oxygens (including phenoxy) is 1. The number of thiophene rings is 1. The van der Waals surface area contributed by atoms with Crippen LogP contribution >= 0.6 is 11.3 Å². The van der Waals surface area contributed by atoms with Crippen molar-refractivity contribution in [1.82, 2.24) is 9.55 Å². The van der Waals surface area contributed by atoms with E-state index in [4.69, 9.17) is 10.5 Å². The molecule has 2 atom stereocenters. The molecule has 0 amide bonds. The lowest BCUT2D eigenvalue weighted by Gasteiger charge is -2.21. The van der Waals surface area contributed by atoms with Crippen molar-refractivity contribution in [2.24, 2.45) is 5.73 Å². The van der Waals surface area contributed by atoms with Gasteiger partial charge >= 0.3 is 5.97 Å². The summed E-state index contributed by atoms with van der Waals surface area (Å²) in [6.45, 7) is 0. The molecule has 2 heterocycles. The third-order valence-corrected chi connectivity index (χ3v) is 4.78. The lowest BCUT2D eigenvalue weighted by Crippen LogP contribution is -2.46. The molecule has 1 fully saturated rings. The molecule has 20 heavy (non-hydrogen) atoms. The molecule has 2 aromatic rings. The third kappa shape index (κ3) is 2.14. The molecule has 106 valence electrons. The number of rotatable bonds is 3. The summed E-state index contributed by atoms with van der Waals surface area (Å²) in [7, 11) is 1.39. The Hall–Kier alpha value is -1.66. The summed E-state index contributed by atoms with van der Waals surface area (Å²) in [5.74, 6) is 0.622. The molecule has 1 aliphatic rings. The maximum atomic E-state index is 11.8. The van der Waals surface area contributed by atoms with E-state index in [-0.39, 0.29) is 12.0 Å². The number of imidazole rings is 1. The van der Waals surface area contributed by atoms with Crippen molar-refractivity contribution < 1.29 is 9.53 Å². The average Bonchev–Trinajstić information content (AvgIpc) is 3.16. The molecule has 1 saturated carbocycles. The molecule has 0 saturated heterocycles. The number of esters is 1. The van der Waals surface area contributed by atoms with Crippen LogP contribution < -0.4 is 5.73 Å². The summed E-state index contributed by atoms with van der Waals surface area (Å²) < 4.78 is 6.95. The Labute approximate surface area is 121 Å². The second-order valence-electron chi connectivity index (χ2n) is 5.18. The summed E-state index contributed by atoms with van der Waals surface area (Å²) in [6, 6.07) is 4.25. The molecule has 1 aliphatic carbocycles. The van der Waals surface area contributed by atoms with E-state index in [0.29, 0.717) is 12.8 Å². The van der Waals surface area contributed by atoms with Gasteiger partial charge in [-0.2, -0.15) is 0 Å². The minimum Gasteiger partial charge on any atom is -0.468 e. The number of methoxy groups -OCH3 is 1. The van der Waals surface area contributed by atoms with E-state index in [1.54, 1.807) is 17.5 Å². The number of carbonyl (C=O) groups is 1. The highest BCUT2D eigenvalue weighted by Crippen LogP contribution is 2.39. The van der Waals surface area contributed by atoms with Crippen molar-refractivity contribution in [3.63, 3.8) is 0 Å². The molecule has 0 spiro atoms. The van der Waals surface area contributed by atoms with Crippen LogP contribution in [-0.4, -0.2) is 28.2 Å². The van der Waals surface area contributed by atoms with Gasteiger partial charge in [-0.3, -0.25) is 4.79 Å². The van der Waals surface area contributed by atoms with Crippen LogP contribution in [0.15, 0.2) is 29.9 Å². The first-order valence-electron chi connectivity index (χ1n) is 6.58. The standard InChI is InChI=1S/C14H17N3O2S/c1-19-13(18)14(15)5-4-10(9-14)17-7-6-16-12(17)11-3-2-8-20-11/h2-3,6-8,10H,4-5,9,15H2,1H3. The van der Waals surface area contributed by atoms with Gasteiger partial charge in [0.2, 0.25) is 0 Å². The molecular weight excluding hydrogens is 274 g/mol. The summed E-state index contributed by atoms with van der Waals surface area (Å²) in [5.41, 5.74) is 5.31.